The molecule has 0 bridgehead atoms. The molecule has 2 aromatic carbocycles. The lowest BCUT2D eigenvalue weighted by molar-refractivity contribution is -0.119. The molecule has 1 heterocycles. The van der Waals surface area contributed by atoms with Gasteiger partial charge in [0.1, 0.15) is 6.54 Å². The Morgan fingerprint density at radius 3 is 2.25 bits per heavy atom. The van der Waals surface area contributed by atoms with Gasteiger partial charge in [0.2, 0.25) is 26.0 Å². The predicted octanol–water partition coefficient (Wildman–Crippen LogP) is 2.83. The number of halogens is 2. The number of benzene rings is 2. The lowest BCUT2D eigenvalue weighted by atomic mass is 10.2. The highest BCUT2D eigenvalue weighted by Gasteiger charge is 2.27. The number of hydrogen-bond acceptors (Lipinski definition) is 7. The molecule has 0 unspecified atom stereocenters. The van der Waals surface area contributed by atoms with Crippen molar-refractivity contribution >= 4 is 66.6 Å². The Morgan fingerprint density at radius 1 is 1.06 bits per heavy atom. The molecule has 0 spiro atoms. The zero-order valence-corrected chi connectivity index (χ0v) is 23.5. The number of carbonyl (C=O) groups is 1. The van der Waals surface area contributed by atoms with Gasteiger partial charge in [0, 0.05) is 41.2 Å². The summed E-state index contributed by atoms with van der Waals surface area (Å²) in [6, 6.07) is 10.7. The van der Waals surface area contributed by atoms with Crippen molar-refractivity contribution in [1.82, 2.24) is 9.62 Å². The monoisotopic (exact) mass is 595 g/mol. The van der Waals surface area contributed by atoms with Gasteiger partial charge < -0.3 is 10.1 Å². The minimum absolute atomic E-state index is 0.0432. The van der Waals surface area contributed by atoms with Gasteiger partial charge in [-0.05, 0) is 42.0 Å². The Balaban J connectivity index is 1.57. The molecule has 1 amide bonds. The summed E-state index contributed by atoms with van der Waals surface area (Å²) in [5, 5.41) is 3.85. The van der Waals surface area contributed by atoms with Crippen molar-refractivity contribution in [2.45, 2.75) is 10.6 Å². The highest BCUT2D eigenvalue weighted by molar-refractivity contribution is 7.98. The van der Waals surface area contributed by atoms with Gasteiger partial charge in [-0.15, -0.1) is 0 Å². The zero-order valence-electron chi connectivity index (χ0n) is 19.5. The van der Waals surface area contributed by atoms with Crippen molar-refractivity contribution in [1.29, 1.82) is 0 Å². The van der Waals surface area contributed by atoms with Crippen LogP contribution in [-0.2, 0) is 35.3 Å². The predicted molar refractivity (Wildman–Crippen MR) is 144 cm³/mol. The third-order valence-electron chi connectivity index (χ3n) is 5.30. The fourth-order valence-corrected chi connectivity index (χ4v) is 7.27. The largest absolute Gasteiger partial charge is 0.379 e. The maximum absolute atomic E-state index is 12.8. The molecule has 0 aromatic heterocycles. The van der Waals surface area contributed by atoms with Crippen LogP contribution in [0.1, 0.15) is 5.56 Å². The molecule has 1 aliphatic heterocycles. The van der Waals surface area contributed by atoms with Gasteiger partial charge in [-0.2, -0.15) is 16.1 Å². The Morgan fingerprint density at radius 2 is 1.67 bits per heavy atom. The first-order valence-electron chi connectivity index (χ1n) is 10.9. The summed E-state index contributed by atoms with van der Waals surface area (Å²) in [5.41, 5.74) is 1.01. The van der Waals surface area contributed by atoms with Crippen molar-refractivity contribution in [2.75, 3.05) is 55.7 Å². The number of morpholine rings is 1. The first-order chi connectivity index (χ1) is 17.0. The molecular formula is C22H27Cl2N3O6S3. The molecule has 14 heteroatoms. The zero-order chi connectivity index (χ0) is 26.3. The second-order valence-electron chi connectivity index (χ2n) is 7.88. The highest BCUT2D eigenvalue weighted by Crippen LogP contribution is 2.28. The minimum Gasteiger partial charge on any atom is -0.379 e. The van der Waals surface area contributed by atoms with Crippen LogP contribution in [0.15, 0.2) is 47.4 Å². The molecule has 1 saturated heterocycles. The van der Waals surface area contributed by atoms with E-state index in [9.17, 15) is 21.6 Å². The SMILES string of the molecule is CS(=O)(=O)N(CC(=O)NCCSCc1c(Cl)cccc1Cl)c1ccc(S(=O)(=O)N2CCOCC2)cc1. The summed E-state index contributed by atoms with van der Waals surface area (Å²) in [4.78, 5) is 12.5. The second kappa shape index (κ2) is 12.8. The first-order valence-corrected chi connectivity index (χ1v) is 16.1. The van der Waals surface area contributed by atoms with Crippen molar-refractivity contribution in [2.24, 2.45) is 0 Å². The number of sulfonamides is 2. The molecule has 1 aliphatic rings. The standard InChI is InChI=1S/C22H27Cl2N3O6S3/c1-35(29,30)27(15-22(28)25-9-14-34-16-19-20(23)3-2-4-21(19)24)17-5-7-18(8-6-17)36(31,32)26-10-12-33-13-11-26/h2-8H,9-16H2,1H3,(H,25,28). The Kier molecular flexibility index (Phi) is 10.3. The van der Waals surface area contributed by atoms with Crippen LogP contribution in [0.25, 0.3) is 0 Å². The summed E-state index contributed by atoms with van der Waals surface area (Å²) in [6.45, 7) is 1.03. The van der Waals surface area contributed by atoms with E-state index in [0.29, 0.717) is 41.3 Å². The van der Waals surface area contributed by atoms with E-state index in [1.54, 1.807) is 18.2 Å². The highest BCUT2D eigenvalue weighted by atomic mass is 35.5. The van der Waals surface area contributed by atoms with Crippen LogP contribution in [0.3, 0.4) is 0 Å². The van der Waals surface area contributed by atoms with Gasteiger partial charge in [0.25, 0.3) is 0 Å². The molecule has 198 valence electrons. The number of carbonyl (C=O) groups excluding carboxylic acids is 1. The maximum atomic E-state index is 12.8. The van der Waals surface area contributed by atoms with Crippen LogP contribution < -0.4 is 9.62 Å². The Labute approximate surface area is 226 Å². The van der Waals surface area contributed by atoms with Crippen LogP contribution in [-0.4, -0.2) is 78.4 Å². The molecule has 0 aliphatic carbocycles. The average molecular weight is 597 g/mol. The van der Waals surface area contributed by atoms with Crippen LogP contribution in [0.2, 0.25) is 10.0 Å². The smallest absolute Gasteiger partial charge is 0.243 e. The molecule has 1 fully saturated rings. The van der Waals surface area contributed by atoms with Gasteiger partial charge in [-0.25, -0.2) is 16.8 Å². The van der Waals surface area contributed by atoms with E-state index in [-0.39, 0.29) is 23.7 Å². The van der Waals surface area contributed by atoms with Crippen molar-refractivity contribution < 1.29 is 26.4 Å². The third kappa shape index (κ3) is 7.73. The molecule has 0 saturated carbocycles. The quantitative estimate of drug-likeness (QED) is 0.397. The minimum atomic E-state index is -3.80. The van der Waals surface area contributed by atoms with Gasteiger partial charge >= 0.3 is 0 Å². The van der Waals surface area contributed by atoms with Gasteiger partial charge in [-0.1, -0.05) is 29.3 Å². The lowest BCUT2D eigenvalue weighted by Crippen LogP contribution is -2.41. The number of anilines is 1. The molecule has 36 heavy (non-hydrogen) atoms. The average Bonchev–Trinajstić information content (AvgIpc) is 2.84. The fourth-order valence-electron chi connectivity index (χ4n) is 3.41. The summed E-state index contributed by atoms with van der Waals surface area (Å²) in [6.07, 6.45) is 0.988. The number of nitrogens with zero attached hydrogens (tertiary/aromatic N) is 2. The van der Waals surface area contributed by atoms with Crippen LogP contribution in [0.4, 0.5) is 5.69 Å². The molecule has 1 N–H and O–H groups in total. The molecule has 0 atom stereocenters. The van der Waals surface area contributed by atoms with Crippen molar-refractivity contribution in [3.63, 3.8) is 0 Å². The molecular weight excluding hydrogens is 569 g/mol. The number of ether oxygens (including phenoxy) is 1. The summed E-state index contributed by atoms with van der Waals surface area (Å²) < 4.78 is 57.8. The van der Waals surface area contributed by atoms with Crippen LogP contribution in [0.5, 0.6) is 0 Å². The van der Waals surface area contributed by atoms with E-state index in [0.717, 1.165) is 16.1 Å². The number of nitrogens with one attached hydrogen (secondary N) is 1. The number of rotatable bonds is 11. The maximum Gasteiger partial charge on any atom is 0.243 e. The van der Waals surface area contributed by atoms with Gasteiger partial charge in [0.05, 0.1) is 30.1 Å². The Hall–Kier alpha value is -1.54. The van der Waals surface area contributed by atoms with E-state index >= 15 is 0 Å². The van der Waals surface area contributed by atoms with Gasteiger partial charge in [-0.3, -0.25) is 9.10 Å². The van der Waals surface area contributed by atoms with E-state index < -0.39 is 32.5 Å². The second-order valence-corrected chi connectivity index (χ2v) is 13.6. The van der Waals surface area contributed by atoms with Crippen molar-refractivity contribution in [3.8, 4) is 0 Å². The summed E-state index contributed by atoms with van der Waals surface area (Å²) in [5.74, 6) is 0.658. The van der Waals surface area contributed by atoms with Gasteiger partial charge in [0.15, 0.2) is 0 Å². The Bertz CT molecular complexity index is 1250. The normalized spacial score (nSPS) is 15.0. The molecule has 0 radical (unpaired) electrons. The van der Waals surface area contributed by atoms with E-state index in [1.807, 2.05) is 0 Å². The van der Waals surface area contributed by atoms with Crippen molar-refractivity contribution in [3.05, 3.63) is 58.1 Å². The number of hydrogen-bond donors (Lipinski definition) is 1. The summed E-state index contributed by atoms with van der Waals surface area (Å²) in [7, 11) is -7.52. The fraction of sp³-hybridized carbons (Fsp3) is 0.409. The van der Waals surface area contributed by atoms with E-state index in [2.05, 4.69) is 5.32 Å². The molecule has 3 rings (SSSR count). The molecule has 9 nitrogen and oxygen atoms in total. The van der Waals surface area contributed by atoms with E-state index in [4.69, 9.17) is 27.9 Å². The van der Waals surface area contributed by atoms with E-state index in [1.165, 1.54) is 40.3 Å². The molecule has 2 aromatic rings. The number of thioether (sulfide) groups is 1. The van der Waals surface area contributed by atoms with Crippen LogP contribution >= 0.6 is 35.0 Å². The third-order valence-corrected chi connectivity index (χ3v) is 10.0. The summed E-state index contributed by atoms with van der Waals surface area (Å²) >= 11 is 13.8. The lowest BCUT2D eigenvalue weighted by Gasteiger charge is -2.26. The number of amides is 1. The first kappa shape index (κ1) is 29.0. The topological polar surface area (TPSA) is 113 Å². The van der Waals surface area contributed by atoms with Crippen LogP contribution in [0, 0.1) is 0 Å².